The van der Waals surface area contributed by atoms with Crippen LogP contribution < -0.4 is 5.32 Å². The van der Waals surface area contributed by atoms with Crippen molar-refractivity contribution in [1.29, 1.82) is 0 Å². The fourth-order valence-corrected chi connectivity index (χ4v) is 3.51. The van der Waals surface area contributed by atoms with E-state index >= 15 is 0 Å². The van der Waals surface area contributed by atoms with Crippen LogP contribution in [0.25, 0.3) is 10.8 Å². The molecular formula is C22H23NO. The fourth-order valence-electron chi connectivity index (χ4n) is 3.51. The third-order valence-corrected chi connectivity index (χ3v) is 4.54. The Balaban J connectivity index is 1.92. The van der Waals surface area contributed by atoms with Crippen LogP contribution in [-0.4, -0.2) is 5.91 Å². The van der Waals surface area contributed by atoms with Crippen LogP contribution in [0.15, 0.2) is 54.6 Å². The number of hydrogen-bond donors (Lipinski definition) is 1. The van der Waals surface area contributed by atoms with Crippen LogP contribution >= 0.6 is 0 Å². The monoisotopic (exact) mass is 317 g/mol. The highest BCUT2D eigenvalue weighted by molar-refractivity contribution is 5.97. The summed E-state index contributed by atoms with van der Waals surface area (Å²) in [6, 6.07) is 18.6. The van der Waals surface area contributed by atoms with Gasteiger partial charge in [0.1, 0.15) is 0 Å². The molecule has 1 atom stereocenters. The molecule has 2 heteroatoms. The number of carbonyl (C=O) groups is 1. The first-order valence-electron chi connectivity index (χ1n) is 8.33. The first-order chi connectivity index (χ1) is 11.5. The van der Waals surface area contributed by atoms with Gasteiger partial charge < -0.3 is 5.32 Å². The second-order valence-electron chi connectivity index (χ2n) is 6.54. The molecule has 0 unspecified atom stereocenters. The van der Waals surface area contributed by atoms with Crippen LogP contribution in [0.2, 0.25) is 0 Å². The summed E-state index contributed by atoms with van der Waals surface area (Å²) in [6.07, 6.45) is 0. The predicted octanol–water partition coefficient (Wildman–Crippen LogP) is 5.26. The normalized spacial score (nSPS) is 12.2. The van der Waals surface area contributed by atoms with E-state index in [1.165, 1.54) is 16.3 Å². The van der Waals surface area contributed by atoms with E-state index in [4.69, 9.17) is 0 Å². The van der Waals surface area contributed by atoms with Crippen molar-refractivity contribution in [1.82, 2.24) is 5.32 Å². The van der Waals surface area contributed by atoms with Crippen molar-refractivity contribution in [3.63, 3.8) is 0 Å². The number of rotatable bonds is 3. The third kappa shape index (κ3) is 3.05. The average Bonchev–Trinajstić information content (AvgIpc) is 2.53. The Morgan fingerprint density at radius 1 is 0.917 bits per heavy atom. The highest BCUT2D eigenvalue weighted by Crippen LogP contribution is 2.25. The van der Waals surface area contributed by atoms with E-state index in [1.54, 1.807) is 0 Å². The van der Waals surface area contributed by atoms with Gasteiger partial charge in [-0.15, -0.1) is 0 Å². The summed E-state index contributed by atoms with van der Waals surface area (Å²) in [5.74, 6) is -0.00886. The minimum atomic E-state index is -0.0521. The molecule has 24 heavy (non-hydrogen) atoms. The maximum absolute atomic E-state index is 12.8. The standard InChI is InChI=1S/C22H23NO/c1-14-12-15(2)21(16(3)13-14)22(24)23-17(4)19-11-7-9-18-8-5-6-10-20(18)19/h5-13,17H,1-4H3,(H,23,24)/t17-/m1/s1. The zero-order valence-corrected chi connectivity index (χ0v) is 14.7. The summed E-state index contributed by atoms with van der Waals surface area (Å²) in [5, 5.41) is 5.55. The van der Waals surface area contributed by atoms with Gasteiger partial charge >= 0.3 is 0 Å². The van der Waals surface area contributed by atoms with E-state index in [0.29, 0.717) is 0 Å². The van der Waals surface area contributed by atoms with Gasteiger partial charge in [0.2, 0.25) is 0 Å². The van der Waals surface area contributed by atoms with Crippen molar-refractivity contribution in [3.05, 3.63) is 82.4 Å². The van der Waals surface area contributed by atoms with E-state index in [0.717, 1.165) is 22.3 Å². The van der Waals surface area contributed by atoms with Gasteiger partial charge in [-0.1, -0.05) is 60.2 Å². The largest absolute Gasteiger partial charge is 0.345 e. The third-order valence-electron chi connectivity index (χ3n) is 4.54. The second kappa shape index (κ2) is 6.48. The topological polar surface area (TPSA) is 29.1 Å². The van der Waals surface area contributed by atoms with Crippen LogP contribution in [0.1, 0.15) is 45.6 Å². The lowest BCUT2D eigenvalue weighted by atomic mass is 9.97. The average molecular weight is 317 g/mol. The summed E-state index contributed by atoms with van der Waals surface area (Å²) in [5.41, 5.74) is 5.16. The van der Waals surface area contributed by atoms with Gasteiger partial charge in [0.15, 0.2) is 0 Å². The van der Waals surface area contributed by atoms with Gasteiger partial charge in [-0.25, -0.2) is 0 Å². The zero-order valence-electron chi connectivity index (χ0n) is 14.7. The van der Waals surface area contributed by atoms with Crippen molar-refractivity contribution < 1.29 is 4.79 Å². The van der Waals surface area contributed by atoms with E-state index in [2.05, 4.69) is 48.6 Å². The van der Waals surface area contributed by atoms with Crippen molar-refractivity contribution in [3.8, 4) is 0 Å². The van der Waals surface area contributed by atoms with E-state index in [1.807, 2.05) is 39.0 Å². The van der Waals surface area contributed by atoms with E-state index < -0.39 is 0 Å². The Morgan fingerprint density at radius 3 is 2.25 bits per heavy atom. The Morgan fingerprint density at radius 2 is 1.54 bits per heavy atom. The number of carbonyl (C=O) groups excluding carboxylic acids is 1. The van der Waals surface area contributed by atoms with Gasteiger partial charge in [-0.3, -0.25) is 4.79 Å². The Labute approximate surface area is 143 Å². The molecule has 3 aromatic rings. The lowest BCUT2D eigenvalue weighted by Crippen LogP contribution is -2.28. The van der Waals surface area contributed by atoms with Crippen molar-refractivity contribution in [2.45, 2.75) is 33.7 Å². The maximum atomic E-state index is 12.8. The van der Waals surface area contributed by atoms with Gasteiger partial charge in [0.25, 0.3) is 5.91 Å². The summed E-state index contributed by atoms with van der Waals surface area (Å²) in [6.45, 7) is 8.09. The summed E-state index contributed by atoms with van der Waals surface area (Å²) < 4.78 is 0. The molecule has 0 bridgehead atoms. The summed E-state index contributed by atoms with van der Waals surface area (Å²) in [7, 11) is 0. The Kier molecular flexibility index (Phi) is 4.39. The molecule has 0 aromatic heterocycles. The molecule has 0 aliphatic heterocycles. The number of hydrogen-bond acceptors (Lipinski definition) is 1. The first kappa shape index (κ1) is 16.3. The highest BCUT2D eigenvalue weighted by Gasteiger charge is 2.17. The molecule has 0 saturated carbocycles. The number of benzene rings is 3. The molecule has 0 spiro atoms. The molecule has 3 aromatic carbocycles. The molecule has 1 N–H and O–H groups in total. The molecule has 0 heterocycles. The van der Waals surface area contributed by atoms with Gasteiger partial charge in [-0.05, 0) is 55.2 Å². The second-order valence-corrected chi connectivity index (χ2v) is 6.54. The summed E-state index contributed by atoms with van der Waals surface area (Å²) in [4.78, 5) is 12.8. The van der Waals surface area contributed by atoms with Gasteiger partial charge in [0.05, 0.1) is 6.04 Å². The number of fused-ring (bicyclic) bond motifs is 1. The zero-order chi connectivity index (χ0) is 17.3. The number of amides is 1. The summed E-state index contributed by atoms with van der Waals surface area (Å²) >= 11 is 0. The predicted molar refractivity (Wildman–Crippen MR) is 100 cm³/mol. The molecule has 0 aliphatic rings. The first-order valence-corrected chi connectivity index (χ1v) is 8.33. The maximum Gasteiger partial charge on any atom is 0.252 e. The van der Waals surface area contributed by atoms with Crippen molar-refractivity contribution in [2.75, 3.05) is 0 Å². The molecule has 0 saturated heterocycles. The molecule has 3 rings (SSSR count). The molecule has 0 aliphatic carbocycles. The Bertz CT molecular complexity index is 882. The van der Waals surface area contributed by atoms with Crippen LogP contribution in [0.5, 0.6) is 0 Å². The quantitative estimate of drug-likeness (QED) is 0.702. The van der Waals surface area contributed by atoms with Gasteiger partial charge in [0, 0.05) is 5.56 Å². The van der Waals surface area contributed by atoms with E-state index in [-0.39, 0.29) is 11.9 Å². The van der Waals surface area contributed by atoms with Crippen LogP contribution in [0, 0.1) is 20.8 Å². The molecule has 1 amide bonds. The van der Waals surface area contributed by atoms with Crippen molar-refractivity contribution >= 4 is 16.7 Å². The molecule has 0 radical (unpaired) electrons. The minimum Gasteiger partial charge on any atom is -0.345 e. The smallest absolute Gasteiger partial charge is 0.252 e. The van der Waals surface area contributed by atoms with Gasteiger partial charge in [-0.2, -0.15) is 0 Å². The molecule has 0 fully saturated rings. The van der Waals surface area contributed by atoms with Crippen LogP contribution in [0.3, 0.4) is 0 Å². The van der Waals surface area contributed by atoms with Crippen molar-refractivity contribution in [2.24, 2.45) is 0 Å². The lowest BCUT2D eigenvalue weighted by Gasteiger charge is -2.18. The number of nitrogens with one attached hydrogen (secondary N) is 1. The molecule has 2 nitrogen and oxygen atoms in total. The molecule has 122 valence electrons. The fraction of sp³-hybridized carbons (Fsp3) is 0.227. The highest BCUT2D eigenvalue weighted by atomic mass is 16.1. The molecular weight excluding hydrogens is 294 g/mol. The number of aryl methyl sites for hydroxylation is 3. The SMILES string of the molecule is Cc1cc(C)c(C(=O)N[C@H](C)c2cccc3ccccc23)c(C)c1. The minimum absolute atomic E-state index is 0.00886. The van der Waals surface area contributed by atoms with Crippen LogP contribution in [0.4, 0.5) is 0 Å². The van der Waals surface area contributed by atoms with E-state index in [9.17, 15) is 4.79 Å². The lowest BCUT2D eigenvalue weighted by molar-refractivity contribution is 0.0939. The Hall–Kier alpha value is -2.61. The van der Waals surface area contributed by atoms with Crippen LogP contribution in [-0.2, 0) is 0 Å².